The third-order valence-corrected chi connectivity index (χ3v) is 6.14. The fourth-order valence-electron chi connectivity index (χ4n) is 3.26. The molecule has 1 aromatic heterocycles. The Balaban J connectivity index is 1.91. The van der Waals surface area contributed by atoms with E-state index in [1.54, 1.807) is 18.9 Å². The Kier molecular flexibility index (Phi) is 6.38. The van der Waals surface area contributed by atoms with Crippen molar-refractivity contribution in [1.82, 2.24) is 14.5 Å². The molecule has 6 heteroatoms. The molecule has 26 heavy (non-hydrogen) atoms. The van der Waals surface area contributed by atoms with Gasteiger partial charge in [-0.3, -0.25) is 4.79 Å². The number of likely N-dealkylation sites (tertiary alicyclic amines) is 1. The molecule has 5 nitrogen and oxygen atoms in total. The van der Waals surface area contributed by atoms with E-state index >= 15 is 0 Å². The van der Waals surface area contributed by atoms with Crippen LogP contribution in [-0.4, -0.2) is 47.2 Å². The summed E-state index contributed by atoms with van der Waals surface area (Å²) in [6.07, 6.45) is 2.19. The molecule has 1 atom stereocenters. The largest absolute Gasteiger partial charge is 0.383 e. The smallest absolute Gasteiger partial charge is 0.240 e. The maximum atomic E-state index is 13.2. The third kappa shape index (κ3) is 4.13. The van der Waals surface area contributed by atoms with Crippen LogP contribution in [0.5, 0.6) is 0 Å². The highest BCUT2D eigenvalue weighted by atomic mass is 32.2. The number of carbonyl (C=O) groups is 1. The molecular formula is C20H27N3O2S. The Morgan fingerprint density at radius 2 is 1.92 bits per heavy atom. The van der Waals surface area contributed by atoms with Crippen molar-refractivity contribution < 1.29 is 9.53 Å². The van der Waals surface area contributed by atoms with Crippen molar-refractivity contribution >= 4 is 17.7 Å². The highest BCUT2D eigenvalue weighted by molar-refractivity contribution is 8.00. The number of rotatable bonds is 7. The van der Waals surface area contributed by atoms with Crippen molar-refractivity contribution in [2.45, 2.75) is 43.6 Å². The van der Waals surface area contributed by atoms with E-state index in [2.05, 4.69) is 11.5 Å². The number of thioether (sulfide) groups is 1. The molecule has 140 valence electrons. The van der Waals surface area contributed by atoms with E-state index in [0.717, 1.165) is 54.6 Å². The molecule has 3 rings (SSSR count). The summed E-state index contributed by atoms with van der Waals surface area (Å²) >= 11 is 1.55. The van der Waals surface area contributed by atoms with Gasteiger partial charge in [0, 0.05) is 32.4 Å². The topological polar surface area (TPSA) is 47.4 Å². The number of imidazole rings is 1. The minimum absolute atomic E-state index is 0.190. The molecule has 2 aromatic rings. The zero-order valence-corrected chi connectivity index (χ0v) is 16.6. The van der Waals surface area contributed by atoms with E-state index < -0.39 is 0 Å². The van der Waals surface area contributed by atoms with Crippen LogP contribution in [-0.2, 0) is 16.1 Å². The van der Waals surface area contributed by atoms with E-state index in [1.807, 2.05) is 42.2 Å². The fourth-order valence-corrected chi connectivity index (χ4v) is 4.56. The summed E-state index contributed by atoms with van der Waals surface area (Å²) < 4.78 is 7.41. The van der Waals surface area contributed by atoms with Gasteiger partial charge in [-0.1, -0.05) is 42.1 Å². The second kappa shape index (κ2) is 8.73. The molecule has 1 amide bonds. The van der Waals surface area contributed by atoms with Gasteiger partial charge in [-0.05, 0) is 32.3 Å². The lowest BCUT2D eigenvalue weighted by molar-refractivity contribution is -0.129. The summed E-state index contributed by atoms with van der Waals surface area (Å²) in [6.45, 7) is 7.17. The first kappa shape index (κ1) is 19.0. The molecule has 0 saturated carbocycles. The average molecular weight is 374 g/mol. The molecule has 0 spiro atoms. The van der Waals surface area contributed by atoms with Crippen molar-refractivity contribution in [3.63, 3.8) is 0 Å². The van der Waals surface area contributed by atoms with Gasteiger partial charge in [0.15, 0.2) is 5.16 Å². The van der Waals surface area contributed by atoms with E-state index in [-0.39, 0.29) is 11.2 Å². The Hall–Kier alpha value is -1.79. The van der Waals surface area contributed by atoms with E-state index in [4.69, 9.17) is 9.72 Å². The highest BCUT2D eigenvalue weighted by Crippen LogP contribution is 2.37. The number of hydrogen-bond donors (Lipinski definition) is 0. The minimum atomic E-state index is -0.267. The first-order valence-corrected chi connectivity index (χ1v) is 10.0. The first-order valence-electron chi connectivity index (χ1n) is 9.15. The summed E-state index contributed by atoms with van der Waals surface area (Å²) in [7, 11) is 1.70. The summed E-state index contributed by atoms with van der Waals surface area (Å²) in [5.41, 5.74) is 3.17. The van der Waals surface area contributed by atoms with Gasteiger partial charge < -0.3 is 14.2 Å². The highest BCUT2D eigenvalue weighted by Gasteiger charge is 2.30. The van der Waals surface area contributed by atoms with Gasteiger partial charge in [0.25, 0.3) is 0 Å². The Morgan fingerprint density at radius 3 is 2.58 bits per heavy atom. The lowest BCUT2D eigenvalue weighted by atomic mass is 10.1. The summed E-state index contributed by atoms with van der Waals surface area (Å²) in [6, 6.07) is 10.0. The Morgan fingerprint density at radius 1 is 1.23 bits per heavy atom. The van der Waals surface area contributed by atoms with Crippen LogP contribution in [0.3, 0.4) is 0 Å². The van der Waals surface area contributed by atoms with Gasteiger partial charge in [-0.25, -0.2) is 4.98 Å². The average Bonchev–Trinajstić information content (AvgIpc) is 3.28. The van der Waals surface area contributed by atoms with Crippen molar-refractivity contribution in [3.05, 3.63) is 47.3 Å². The molecule has 1 fully saturated rings. The lowest BCUT2D eigenvalue weighted by Crippen LogP contribution is -2.31. The number of carbonyl (C=O) groups excluding carboxylic acids is 1. The van der Waals surface area contributed by atoms with Crippen LogP contribution in [0.1, 0.15) is 35.0 Å². The molecule has 2 heterocycles. The van der Waals surface area contributed by atoms with Gasteiger partial charge in [0.1, 0.15) is 5.25 Å². The van der Waals surface area contributed by atoms with Crippen molar-refractivity contribution in [3.8, 4) is 0 Å². The quantitative estimate of drug-likeness (QED) is 0.696. The summed E-state index contributed by atoms with van der Waals surface area (Å²) in [5.74, 6) is 0.190. The van der Waals surface area contributed by atoms with Gasteiger partial charge in [0.2, 0.25) is 5.91 Å². The van der Waals surface area contributed by atoms with Crippen LogP contribution in [0.2, 0.25) is 0 Å². The third-order valence-electron chi connectivity index (χ3n) is 4.91. The van der Waals surface area contributed by atoms with Crippen LogP contribution in [0, 0.1) is 13.8 Å². The number of aryl methyl sites for hydroxylation is 1. The molecule has 0 bridgehead atoms. The van der Waals surface area contributed by atoms with Gasteiger partial charge in [0.05, 0.1) is 12.3 Å². The molecule has 1 unspecified atom stereocenters. The standard InChI is InChI=1S/C20H27N3O2S/c1-15-16(2)23(13-14-25-3)20(21-15)26-18(17-9-5-4-6-10-17)19(24)22-11-7-8-12-22/h4-6,9-10,18H,7-8,11-14H2,1-3H3. The lowest BCUT2D eigenvalue weighted by Gasteiger charge is -2.23. The maximum Gasteiger partial charge on any atom is 0.240 e. The van der Waals surface area contributed by atoms with Gasteiger partial charge in [-0.2, -0.15) is 0 Å². The van der Waals surface area contributed by atoms with Crippen LogP contribution in [0.4, 0.5) is 0 Å². The second-order valence-corrected chi connectivity index (χ2v) is 7.72. The molecule has 1 aliphatic rings. The Bertz CT molecular complexity index is 739. The predicted octanol–water partition coefficient (Wildman–Crippen LogP) is 3.60. The molecule has 0 radical (unpaired) electrons. The van der Waals surface area contributed by atoms with Gasteiger partial charge in [-0.15, -0.1) is 0 Å². The van der Waals surface area contributed by atoms with Crippen molar-refractivity contribution in [1.29, 1.82) is 0 Å². The molecule has 1 saturated heterocycles. The number of ether oxygens (including phenoxy) is 1. The van der Waals surface area contributed by atoms with E-state index in [1.165, 1.54) is 0 Å². The number of benzene rings is 1. The number of nitrogens with zero attached hydrogens (tertiary/aromatic N) is 3. The maximum absolute atomic E-state index is 13.2. The van der Waals surface area contributed by atoms with E-state index in [9.17, 15) is 4.79 Å². The normalized spacial score (nSPS) is 15.4. The van der Waals surface area contributed by atoms with Gasteiger partial charge >= 0.3 is 0 Å². The number of methoxy groups -OCH3 is 1. The number of aromatic nitrogens is 2. The molecule has 0 N–H and O–H groups in total. The minimum Gasteiger partial charge on any atom is -0.383 e. The number of hydrogen-bond acceptors (Lipinski definition) is 4. The van der Waals surface area contributed by atoms with E-state index in [0.29, 0.717) is 6.61 Å². The molecule has 1 aliphatic heterocycles. The fraction of sp³-hybridized carbons (Fsp3) is 0.500. The van der Waals surface area contributed by atoms with Crippen molar-refractivity contribution in [2.24, 2.45) is 0 Å². The SMILES string of the molecule is COCCn1c(SC(C(=O)N2CCCC2)c2ccccc2)nc(C)c1C. The predicted molar refractivity (Wildman–Crippen MR) is 104 cm³/mol. The van der Waals surface area contributed by atoms with Crippen LogP contribution >= 0.6 is 11.8 Å². The zero-order valence-electron chi connectivity index (χ0n) is 15.8. The second-order valence-electron chi connectivity index (χ2n) is 6.65. The zero-order chi connectivity index (χ0) is 18.5. The molecule has 0 aliphatic carbocycles. The first-order chi connectivity index (χ1) is 12.6. The number of amides is 1. The Labute approximate surface area is 159 Å². The molecule has 1 aromatic carbocycles. The van der Waals surface area contributed by atoms with Crippen LogP contribution < -0.4 is 0 Å². The van der Waals surface area contributed by atoms with Crippen LogP contribution in [0.25, 0.3) is 0 Å². The van der Waals surface area contributed by atoms with Crippen LogP contribution in [0.15, 0.2) is 35.5 Å². The summed E-state index contributed by atoms with van der Waals surface area (Å²) in [4.78, 5) is 19.9. The molecular weight excluding hydrogens is 346 g/mol. The van der Waals surface area contributed by atoms with Crippen molar-refractivity contribution in [2.75, 3.05) is 26.8 Å². The summed E-state index contributed by atoms with van der Waals surface area (Å²) in [5, 5.41) is 0.621. The monoisotopic (exact) mass is 373 g/mol.